The van der Waals surface area contributed by atoms with Crippen molar-refractivity contribution >= 4 is 23.1 Å². The van der Waals surface area contributed by atoms with Crippen LogP contribution in [0, 0.1) is 25.7 Å². The van der Waals surface area contributed by atoms with Crippen LogP contribution in [0.5, 0.6) is 5.75 Å². The number of hydrogen-bond acceptors (Lipinski definition) is 5. The predicted molar refractivity (Wildman–Crippen MR) is 155 cm³/mol. The Balaban J connectivity index is 1.32. The predicted octanol–water partition coefficient (Wildman–Crippen LogP) is 7.29. The maximum absolute atomic E-state index is 13.9. The average Bonchev–Trinajstić information content (AvgIpc) is 3.38. The van der Waals surface area contributed by atoms with Crippen molar-refractivity contribution in [1.82, 2.24) is 4.37 Å². The molecule has 2 aromatic carbocycles. The molecule has 1 aromatic heterocycles. The minimum atomic E-state index is -0.262. The van der Waals surface area contributed by atoms with Gasteiger partial charge >= 0.3 is 0 Å². The van der Waals surface area contributed by atoms with E-state index in [2.05, 4.69) is 64.7 Å². The lowest BCUT2D eigenvalue weighted by molar-refractivity contribution is -0.124. The van der Waals surface area contributed by atoms with E-state index in [0.29, 0.717) is 11.8 Å². The minimum absolute atomic E-state index is 0.00804. The Morgan fingerprint density at radius 3 is 2.42 bits per heavy atom. The molecule has 2 aliphatic carbocycles. The number of methoxy groups -OCH3 is 1. The van der Waals surface area contributed by atoms with Crippen LogP contribution >= 0.6 is 11.5 Å². The number of amides is 1. The van der Waals surface area contributed by atoms with Crippen LogP contribution in [0.3, 0.4) is 0 Å². The van der Waals surface area contributed by atoms with Gasteiger partial charge in [0, 0.05) is 18.2 Å². The molecule has 6 heteroatoms. The van der Waals surface area contributed by atoms with E-state index in [4.69, 9.17) is 4.74 Å². The van der Waals surface area contributed by atoms with Crippen molar-refractivity contribution in [3.05, 3.63) is 65.4 Å². The van der Waals surface area contributed by atoms with Gasteiger partial charge in [-0.2, -0.15) is 4.37 Å². The van der Waals surface area contributed by atoms with Gasteiger partial charge in [-0.3, -0.25) is 4.79 Å². The molecular weight excluding hydrogens is 492 g/mol. The molecule has 2 aliphatic rings. The molecule has 1 N–H and O–H groups in total. The Bertz CT molecular complexity index is 1240. The van der Waals surface area contributed by atoms with Crippen LogP contribution in [0.25, 0.3) is 10.4 Å². The Hall–Kier alpha value is -2.70. The standard InChI is InChI=1S/C32H40N2O3S/c1-21-17-26(13-16-30(21)37-3)24-9-7-23(8-10-24)20-34(32(36)25-11-14-29(35)15-12-25)28-6-4-5-27(19-28)31-18-22(2)33-38-31/h4-6,13,16-19,23-25,29,35H,7-12,14-15,20H2,1-3H3. The zero-order chi connectivity index (χ0) is 26.6. The van der Waals surface area contributed by atoms with E-state index in [-0.39, 0.29) is 17.9 Å². The summed E-state index contributed by atoms with van der Waals surface area (Å²) in [7, 11) is 1.73. The lowest BCUT2D eigenvalue weighted by Gasteiger charge is -2.36. The summed E-state index contributed by atoms with van der Waals surface area (Å²) in [4.78, 5) is 17.1. The molecule has 0 atom stereocenters. The smallest absolute Gasteiger partial charge is 0.230 e. The number of aliphatic hydroxyl groups is 1. The number of carbonyl (C=O) groups is 1. The number of carbonyl (C=O) groups excluding carboxylic acids is 1. The molecule has 5 nitrogen and oxygen atoms in total. The van der Waals surface area contributed by atoms with Crippen molar-refractivity contribution in [2.24, 2.45) is 11.8 Å². The van der Waals surface area contributed by atoms with E-state index < -0.39 is 0 Å². The molecule has 0 radical (unpaired) electrons. The van der Waals surface area contributed by atoms with Gasteiger partial charge in [-0.25, -0.2) is 0 Å². The SMILES string of the molecule is COc1ccc(C2CCC(CN(C(=O)C3CCC(O)CC3)c3cccc(-c4cc(C)ns4)c3)CC2)cc1C. The van der Waals surface area contributed by atoms with E-state index in [1.165, 1.54) is 22.7 Å². The second kappa shape index (κ2) is 12.0. The summed E-state index contributed by atoms with van der Waals surface area (Å²) in [6.45, 7) is 4.89. The van der Waals surface area contributed by atoms with Gasteiger partial charge in [-0.1, -0.05) is 24.3 Å². The molecule has 202 valence electrons. The molecule has 2 fully saturated rings. The number of ether oxygens (including phenoxy) is 1. The zero-order valence-electron chi connectivity index (χ0n) is 22.9. The largest absolute Gasteiger partial charge is 0.496 e. The first-order valence-corrected chi connectivity index (χ1v) is 14.9. The highest BCUT2D eigenvalue weighted by atomic mass is 32.1. The number of benzene rings is 2. The third-order valence-electron chi connectivity index (χ3n) is 8.56. The minimum Gasteiger partial charge on any atom is -0.496 e. The Morgan fingerprint density at radius 2 is 1.76 bits per heavy atom. The normalized spacial score (nSPS) is 23.7. The van der Waals surface area contributed by atoms with Gasteiger partial charge in [0.2, 0.25) is 5.91 Å². The Kier molecular flexibility index (Phi) is 8.49. The van der Waals surface area contributed by atoms with Crippen molar-refractivity contribution in [2.45, 2.75) is 77.2 Å². The molecule has 1 heterocycles. The van der Waals surface area contributed by atoms with Crippen molar-refractivity contribution in [3.8, 4) is 16.2 Å². The molecule has 38 heavy (non-hydrogen) atoms. The molecule has 0 bridgehead atoms. The van der Waals surface area contributed by atoms with E-state index in [9.17, 15) is 9.90 Å². The fraction of sp³-hybridized carbons (Fsp3) is 0.500. The molecule has 0 aliphatic heterocycles. The molecule has 0 unspecified atom stereocenters. The second-order valence-electron chi connectivity index (χ2n) is 11.3. The number of nitrogens with zero attached hydrogens (tertiary/aromatic N) is 2. The van der Waals surface area contributed by atoms with Crippen LogP contribution in [0.1, 0.15) is 74.1 Å². The van der Waals surface area contributed by atoms with Crippen molar-refractivity contribution < 1.29 is 14.6 Å². The van der Waals surface area contributed by atoms with Crippen LogP contribution in [0.15, 0.2) is 48.5 Å². The highest BCUT2D eigenvalue weighted by Gasteiger charge is 2.32. The average molecular weight is 533 g/mol. The van der Waals surface area contributed by atoms with E-state index >= 15 is 0 Å². The van der Waals surface area contributed by atoms with Gasteiger partial charge < -0.3 is 14.7 Å². The van der Waals surface area contributed by atoms with Crippen LogP contribution < -0.4 is 9.64 Å². The monoisotopic (exact) mass is 532 g/mol. The summed E-state index contributed by atoms with van der Waals surface area (Å²) >= 11 is 1.51. The quantitative estimate of drug-likeness (QED) is 0.347. The van der Waals surface area contributed by atoms with Crippen molar-refractivity contribution in [3.63, 3.8) is 0 Å². The summed E-state index contributed by atoms with van der Waals surface area (Å²) in [5.41, 5.74) is 5.72. The number of aromatic nitrogens is 1. The van der Waals surface area contributed by atoms with Crippen LogP contribution in [0.2, 0.25) is 0 Å². The highest BCUT2D eigenvalue weighted by molar-refractivity contribution is 7.09. The number of aliphatic hydroxyl groups excluding tert-OH is 1. The molecule has 0 saturated heterocycles. The van der Waals surface area contributed by atoms with Crippen molar-refractivity contribution in [1.29, 1.82) is 0 Å². The van der Waals surface area contributed by atoms with E-state index in [1.54, 1.807) is 7.11 Å². The Labute approximate surface area is 231 Å². The van der Waals surface area contributed by atoms with E-state index in [1.807, 2.05) is 6.92 Å². The zero-order valence-corrected chi connectivity index (χ0v) is 23.7. The maximum atomic E-state index is 13.9. The molecule has 0 spiro atoms. The number of hydrogen-bond donors (Lipinski definition) is 1. The van der Waals surface area contributed by atoms with Crippen LogP contribution in [-0.4, -0.2) is 35.1 Å². The van der Waals surface area contributed by atoms with Gasteiger partial charge in [0.15, 0.2) is 0 Å². The molecule has 1 amide bonds. The molecule has 3 aromatic rings. The summed E-state index contributed by atoms with van der Waals surface area (Å²) < 4.78 is 9.91. The topological polar surface area (TPSA) is 62.7 Å². The van der Waals surface area contributed by atoms with Crippen LogP contribution in [-0.2, 0) is 4.79 Å². The highest BCUT2D eigenvalue weighted by Crippen LogP contribution is 2.39. The van der Waals surface area contributed by atoms with Gasteiger partial charge in [0.05, 0.1) is 23.8 Å². The first kappa shape index (κ1) is 26.9. The van der Waals surface area contributed by atoms with Gasteiger partial charge in [0.1, 0.15) is 5.75 Å². The molecule has 2 saturated carbocycles. The van der Waals surface area contributed by atoms with E-state index in [0.717, 1.165) is 85.5 Å². The Morgan fingerprint density at radius 1 is 1.00 bits per heavy atom. The van der Waals surface area contributed by atoms with Crippen LogP contribution in [0.4, 0.5) is 5.69 Å². The third-order valence-corrected chi connectivity index (χ3v) is 9.49. The molecular formula is C32H40N2O3S. The first-order valence-electron chi connectivity index (χ1n) is 14.1. The third kappa shape index (κ3) is 6.13. The molecule has 5 rings (SSSR count). The van der Waals surface area contributed by atoms with Gasteiger partial charge in [-0.15, -0.1) is 0 Å². The lowest BCUT2D eigenvalue weighted by atomic mass is 9.78. The number of anilines is 1. The van der Waals surface area contributed by atoms with Gasteiger partial charge in [0.25, 0.3) is 0 Å². The summed E-state index contributed by atoms with van der Waals surface area (Å²) in [5.74, 6) is 2.21. The first-order chi connectivity index (χ1) is 18.4. The van der Waals surface area contributed by atoms with Gasteiger partial charge in [-0.05, 0) is 130 Å². The summed E-state index contributed by atoms with van der Waals surface area (Å²) in [5, 5.41) is 10.0. The number of rotatable bonds is 7. The van der Waals surface area contributed by atoms with Crippen molar-refractivity contribution in [2.75, 3.05) is 18.6 Å². The summed E-state index contributed by atoms with van der Waals surface area (Å²) in [6.07, 6.45) is 7.26. The fourth-order valence-electron chi connectivity index (χ4n) is 6.28. The number of aryl methyl sites for hydroxylation is 2. The summed E-state index contributed by atoms with van der Waals surface area (Å²) in [6, 6.07) is 17.1. The fourth-order valence-corrected chi connectivity index (χ4v) is 7.04. The second-order valence-corrected chi connectivity index (χ2v) is 12.1. The maximum Gasteiger partial charge on any atom is 0.230 e. The lowest BCUT2D eigenvalue weighted by Crippen LogP contribution is -2.41.